The summed E-state index contributed by atoms with van der Waals surface area (Å²) in [5, 5.41) is 8.86. The number of nitrogens with two attached hydrogens (primary N) is 1. The fraction of sp³-hybridized carbons (Fsp3) is 0.500. The predicted molar refractivity (Wildman–Crippen MR) is 61.1 cm³/mol. The number of ether oxygens (including phenoxy) is 1. The molecule has 1 rings (SSSR count). The van der Waals surface area contributed by atoms with Crippen molar-refractivity contribution in [3.63, 3.8) is 0 Å². The van der Waals surface area contributed by atoms with Gasteiger partial charge in [-0.25, -0.2) is 0 Å². The maximum Gasteiger partial charge on any atom is 0.123 e. The first-order valence-corrected chi connectivity index (χ1v) is 5.11. The van der Waals surface area contributed by atoms with E-state index in [2.05, 4.69) is 0 Å². The minimum absolute atomic E-state index is 0.0945. The van der Waals surface area contributed by atoms with Crippen molar-refractivity contribution in [1.29, 1.82) is 0 Å². The molecule has 0 aromatic heterocycles. The molecule has 1 aromatic rings. The summed E-state index contributed by atoms with van der Waals surface area (Å²) in [6.45, 7) is 4.18. The first-order valence-electron chi connectivity index (χ1n) is 5.11. The number of aliphatic hydroxyl groups is 1. The van der Waals surface area contributed by atoms with Crippen LogP contribution in [0.3, 0.4) is 0 Å². The Balaban J connectivity index is 3.09. The van der Waals surface area contributed by atoms with Crippen LogP contribution in [0.2, 0.25) is 0 Å². The molecule has 1 atom stereocenters. The van der Waals surface area contributed by atoms with Gasteiger partial charge in [-0.1, -0.05) is 6.07 Å². The number of benzene rings is 1. The summed E-state index contributed by atoms with van der Waals surface area (Å²) in [5.74, 6) is 0.805. The van der Waals surface area contributed by atoms with E-state index in [-0.39, 0.29) is 12.6 Å². The van der Waals surface area contributed by atoms with Gasteiger partial charge in [0.15, 0.2) is 0 Å². The van der Waals surface area contributed by atoms with E-state index in [1.165, 1.54) is 11.1 Å². The largest absolute Gasteiger partial charge is 0.496 e. The Kier molecular flexibility index (Phi) is 4.12. The van der Waals surface area contributed by atoms with Crippen LogP contribution < -0.4 is 10.5 Å². The molecule has 1 aromatic carbocycles. The lowest BCUT2D eigenvalue weighted by Gasteiger charge is -2.16. The van der Waals surface area contributed by atoms with Crippen molar-refractivity contribution in [2.45, 2.75) is 26.3 Å². The van der Waals surface area contributed by atoms with E-state index in [4.69, 9.17) is 15.6 Å². The highest BCUT2D eigenvalue weighted by molar-refractivity contribution is 5.43. The van der Waals surface area contributed by atoms with Crippen LogP contribution in [0, 0.1) is 13.8 Å². The van der Waals surface area contributed by atoms with E-state index in [1.807, 2.05) is 26.0 Å². The molecule has 0 spiro atoms. The van der Waals surface area contributed by atoms with Gasteiger partial charge < -0.3 is 15.6 Å². The van der Waals surface area contributed by atoms with Crippen molar-refractivity contribution in [3.05, 3.63) is 28.8 Å². The fourth-order valence-electron chi connectivity index (χ4n) is 1.57. The third-order valence-corrected chi connectivity index (χ3v) is 2.69. The molecule has 0 aliphatic rings. The Hall–Kier alpha value is -1.06. The molecule has 3 heteroatoms. The summed E-state index contributed by atoms with van der Waals surface area (Å²) >= 11 is 0. The van der Waals surface area contributed by atoms with Gasteiger partial charge in [0.1, 0.15) is 5.75 Å². The molecule has 0 aliphatic heterocycles. The second-order valence-electron chi connectivity index (χ2n) is 3.80. The van der Waals surface area contributed by atoms with Crippen molar-refractivity contribution in [2.75, 3.05) is 13.7 Å². The number of methoxy groups -OCH3 is 1. The van der Waals surface area contributed by atoms with Crippen LogP contribution in [0.25, 0.3) is 0 Å². The van der Waals surface area contributed by atoms with Crippen LogP contribution in [-0.4, -0.2) is 18.8 Å². The zero-order valence-electron chi connectivity index (χ0n) is 9.58. The van der Waals surface area contributed by atoms with Gasteiger partial charge in [0.25, 0.3) is 0 Å². The lowest BCUT2D eigenvalue weighted by atomic mass is 9.98. The van der Waals surface area contributed by atoms with E-state index >= 15 is 0 Å². The molecule has 0 saturated carbocycles. The summed E-state index contributed by atoms with van der Waals surface area (Å²) in [4.78, 5) is 0. The molecule has 0 heterocycles. The van der Waals surface area contributed by atoms with E-state index in [0.717, 1.165) is 11.3 Å². The van der Waals surface area contributed by atoms with Gasteiger partial charge >= 0.3 is 0 Å². The maximum atomic E-state index is 8.86. The predicted octanol–water partition coefficient (Wildman–Crippen LogP) is 1.69. The average molecular weight is 209 g/mol. The monoisotopic (exact) mass is 209 g/mol. The van der Waals surface area contributed by atoms with Crippen LogP contribution in [0.4, 0.5) is 0 Å². The minimum Gasteiger partial charge on any atom is -0.496 e. The van der Waals surface area contributed by atoms with Crippen LogP contribution in [0.15, 0.2) is 12.1 Å². The minimum atomic E-state index is -0.163. The quantitative estimate of drug-likeness (QED) is 0.793. The summed E-state index contributed by atoms with van der Waals surface area (Å²) in [6.07, 6.45) is 0.554. The Labute approximate surface area is 90.9 Å². The van der Waals surface area contributed by atoms with Gasteiger partial charge in [0.2, 0.25) is 0 Å². The third kappa shape index (κ3) is 2.70. The standard InChI is InChI=1S/C12H19NO2/c1-8-6-10(11(13)4-5-14)12(15-3)7-9(8)2/h6-7,11,14H,4-5,13H2,1-3H3. The first-order chi connectivity index (χ1) is 7.10. The maximum absolute atomic E-state index is 8.86. The fourth-order valence-corrected chi connectivity index (χ4v) is 1.57. The van der Waals surface area contributed by atoms with Crippen molar-refractivity contribution >= 4 is 0 Å². The van der Waals surface area contributed by atoms with Gasteiger partial charge in [-0.3, -0.25) is 0 Å². The van der Waals surface area contributed by atoms with Crippen LogP contribution >= 0.6 is 0 Å². The topological polar surface area (TPSA) is 55.5 Å². The molecule has 0 fully saturated rings. The van der Waals surface area contributed by atoms with Gasteiger partial charge in [0, 0.05) is 18.2 Å². The van der Waals surface area contributed by atoms with E-state index < -0.39 is 0 Å². The number of rotatable bonds is 4. The molecule has 3 nitrogen and oxygen atoms in total. The molecule has 0 amide bonds. The number of aryl methyl sites for hydroxylation is 2. The molecule has 0 saturated heterocycles. The number of aliphatic hydroxyl groups excluding tert-OH is 1. The SMILES string of the molecule is COc1cc(C)c(C)cc1C(N)CCO. The van der Waals surface area contributed by atoms with E-state index in [0.29, 0.717) is 6.42 Å². The zero-order valence-corrected chi connectivity index (χ0v) is 9.58. The van der Waals surface area contributed by atoms with Crippen molar-refractivity contribution in [3.8, 4) is 5.75 Å². The second-order valence-corrected chi connectivity index (χ2v) is 3.80. The molecule has 3 N–H and O–H groups in total. The normalized spacial score (nSPS) is 12.6. The lowest BCUT2D eigenvalue weighted by Crippen LogP contribution is -2.13. The van der Waals surface area contributed by atoms with Gasteiger partial charge in [0.05, 0.1) is 7.11 Å². The molecule has 84 valence electrons. The molecular formula is C12H19NO2. The molecular weight excluding hydrogens is 190 g/mol. The highest BCUT2D eigenvalue weighted by atomic mass is 16.5. The van der Waals surface area contributed by atoms with Crippen LogP contribution in [0.5, 0.6) is 5.75 Å². The number of hydrogen-bond donors (Lipinski definition) is 2. The first kappa shape index (κ1) is 12.0. The van der Waals surface area contributed by atoms with Gasteiger partial charge in [-0.2, -0.15) is 0 Å². The Morgan fingerprint density at radius 2 is 1.93 bits per heavy atom. The Morgan fingerprint density at radius 1 is 1.33 bits per heavy atom. The molecule has 15 heavy (non-hydrogen) atoms. The summed E-state index contributed by atoms with van der Waals surface area (Å²) in [7, 11) is 1.64. The average Bonchev–Trinajstić information content (AvgIpc) is 2.21. The lowest BCUT2D eigenvalue weighted by molar-refractivity contribution is 0.275. The van der Waals surface area contributed by atoms with E-state index in [9.17, 15) is 0 Å². The summed E-state index contributed by atoms with van der Waals surface area (Å²) < 4.78 is 5.29. The molecule has 1 unspecified atom stereocenters. The number of hydrogen-bond acceptors (Lipinski definition) is 3. The smallest absolute Gasteiger partial charge is 0.123 e. The summed E-state index contributed by atoms with van der Waals surface area (Å²) in [6, 6.07) is 3.86. The second kappa shape index (κ2) is 5.14. The molecule has 0 radical (unpaired) electrons. The molecule has 0 aliphatic carbocycles. The van der Waals surface area contributed by atoms with Crippen LogP contribution in [-0.2, 0) is 0 Å². The van der Waals surface area contributed by atoms with E-state index in [1.54, 1.807) is 7.11 Å². The Bertz CT molecular complexity index is 337. The third-order valence-electron chi connectivity index (χ3n) is 2.69. The Morgan fingerprint density at radius 3 is 2.47 bits per heavy atom. The van der Waals surface area contributed by atoms with Gasteiger partial charge in [-0.15, -0.1) is 0 Å². The molecule has 0 bridgehead atoms. The highest BCUT2D eigenvalue weighted by Crippen LogP contribution is 2.28. The summed E-state index contributed by atoms with van der Waals surface area (Å²) in [5.41, 5.74) is 9.31. The van der Waals surface area contributed by atoms with Crippen molar-refractivity contribution in [2.24, 2.45) is 5.73 Å². The van der Waals surface area contributed by atoms with Crippen molar-refractivity contribution in [1.82, 2.24) is 0 Å². The highest BCUT2D eigenvalue weighted by Gasteiger charge is 2.12. The zero-order chi connectivity index (χ0) is 11.4. The van der Waals surface area contributed by atoms with Crippen LogP contribution in [0.1, 0.15) is 29.2 Å². The van der Waals surface area contributed by atoms with Crippen molar-refractivity contribution < 1.29 is 9.84 Å². The van der Waals surface area contributed by atoms with Gasteiger partial charge in [-0.05, 0) is 37.5 Å².